The van der Waals surface area contributed by atoms with Gasteiger partial charge in [0, 0.05) is 24.2 Å². The average Bonchev–Trinajstić information content (AvgIpc) is 2.54. The Morgan fingerprint density at radius 1 is 1.45 bits per heavy atom. The van der Waals surface area contributed by atoms with Crippen molar-refractivity contribution in [1.29, 1.82) is 0 Å². The third-order valence-electron chi connectivity index (χ3n) is 3.73. The lowest BCUT2D eigenvalue weighted by Crippen LogP contribution is -2.36. The Balaban J connectivity index is 1.80. The molecule has 1 aliphatic heterocycles. The number of nitrogens with one attached hydrogen (secondary N) is 1. The molecule has 7 heteroatoms. The van der Waals surface area contributed by atoms with Crippen LogP contribution in [0.1, 0.15) is 23.2 Å². The van der Waals surface area contributed by atoms with Gasteiger partial charge in [0.2, 0.25) is 5.95 Å². The number of benzene rings is 1. The van der Waals surface area contributed by atoms with Gasteiger partial charge in [-0.15, -0.1) is 0 Å². The maximum absolute atomic E-state index is 11.0. The maximum Gasteiger partial charge on any atom is 0.335 e. The summed E-state index contributed by atoms with van der Waals surface area (Å²) in [6, 6.07) is 4.89. The van der Waals surface area contributed by atoms with Gasteiger partial charge in [0.05, 0.1) is 23.8 Å². The lowest BCUT2D eigenvalue weighted by atomic mass is 10.0. The number of anilines is 1. The van der Waals surface area contributed by atoms with Crippen LogP contribution in [0, 0.1) is 0 Å². The number of carbonyl (C=O) groups is 1. The molecule has 0 radical (unpaired) electrons. The normalized spacial score (nSPS) is 21.7. The van der Waals surface area contributed by atoms with E-state index in [0.29, 0.717) is 24.5 Å². The Labute approximate surface area is 127 Å². The van der Waals surface area contributed by atoms with Crippen LogP contribution in [0.15, 0.2) is 24.4 Å². The van der Waals surface area contributed by atoms with Crippen molar-refractivity contribution in [3.63, 3.8) is 0 Å². The van der Waals surface area contributed by atoms with Crippen molar-refractivity contribution in [2.45, 2.75) is 25.0 Å². The second-order valence-corrected chi connectivity index (χ2v) is 5.31. The number of aliphatic hydroxyl groups excluding tert-OH is 1. The molecule has 22 heavy (non-hydrogen) atoms. The number of carboxylic acids is 1. The summed E-state index contributed by atoms with van der Waals surface area (Å²) in [4.78, 5) is 19.6. The van der Waals surface area contributed by atoms with Crippen LogP contribution >= 0.6 is 0 Å². The van der Waals surface area contributed by atoms with E-state index in [0.717, 1.165) is 11.8 Å². The maximum atomic E-state index is 11.0. The first-order valence-corrected chi connectivity index (χ1v) is 7.15. The minimum Gasteiger partial charge on any atom is -0.478 e. The SMILES string of the molecule is O=C(O)c1ccc2cnc(N[C@@H]3CCO[C@H](CO)C3)nc2c1. The van der Waals surface area contributed by atoms with Gasteiger partial charge in [0.1, 0.15) is 0 Å². The zero-order valence-electron chi connectivity index (χ0n) is 11.9. The third kappa shape index (κ3) is 3.15. The molecule has 3 rings (SSSR count). The van der Waals surface area contributed by atoms with E-state index in [2.05, 4.69) is 15.3 Å². The Morgan fingerprint density at radius 2 is 2.32 bits per heavy atom. The number of aromatic nitrogens is 2. The molecular formula is C15H17N3O4. The van der Waals surface area contributed by atoms with Gasteiger partial charge in [-0.25, -0.2) is 14.8 Å². The van der Waals surface area contributed by atoms with E-state index < -0.39 is 5.97 Å². The monoisotopic (exact) mass is 303 g/mol. The summed E-state index contributed by atoms with van der Waals surface area (Å²) in [5.74, 6) is -0.524. The molecule has 1 aromatic heterocycles. The van der Waals surface area contributed by atoms with Crippen LogP contribution in [0.4, 0.5) is 5.95 Å². The number of hydrogen-bond donors (Lipinski definition) is 3. The molecule has 1 saturated heterocycles. The summed E-state index contributed by atoms with van der Waals surface area (Å²) in [7, 11) is 0. The number of rotatable bonds is 4. The summed E-state index contributed by atoms with van der Waals surface area (Å²) >= 11 is 0. The molecule has 2 atom stereocenters. The Bertz CT molecular complexity index is 692. The van der Waals surface area contributed by atoms with Crippen LogP contribution in [0.3, 0.4) is 0 Å². The van der Waals surface area contributed by atoms with Gasteiger partial charge in [0.15, 0.2) is 0 Å². The van der Waals surface area contributed by atoms with E-state index in [4.69, 9.17) is 14.9 Å². The van der Waals surface area contributed by atoms with Crippen LogP contribution in [0.2, 0.25) is 0 Å². The predicted octanol–water partition coefficient (Wildman–Crippen LogP) is 1.28. The van der Waals surface area contributed by atoms with Crippen LogP contribution < -0.4 is 5.32 Å². The fourth-order valence-corrected chi connectivity index (χ4v) is 2.55. The standard InChI is InChI=1S/C15H17N3O4/c19-8-12-6-11(3-4-22-12)17-15-16-7-10-2-1-9(14(20)21)5-13(10)18-15/h1-2,5,7,11-12,19H,3-4,6,8H2,(H,20,21)(H,16,17,18)/t11-,12+/m1/s1. The van der Waals surface area contributed by atoms with E-state index in [1.54, 1.807) is 12.3 Å². The number of aliphatic hydroxyl groups is 1. The molecule has 7 nitrogen and oxygen atoms in total. The summed E-state index contributed by atoms with van der Waals surface area (Å²) in [6.07, 6.45) is 3.00. The van der Waals surface area contributed by atoms with E-state index in [1.807, 2.05) is 0 Å². The van der Waals surface area contributed by atoms with Crippen molar-refractivity contribution in [1.82, 2.24) is 9.97 Å². The highest BCUT2D eigenvalue weighted by Crippen LogP contribution is 2.19. The highest BCUT2D eigenvalue weighted by Gasteiger charge is 2.22. The zero-order valence-corrected chi connectivity index (χ0v) is 11.9. The molecule has 0 bridgehead atoms. The Kier molecular flexibility index (Phi) is 4.17. The molecule has 1 aromatic carbocycles. The Hall–Kier alpha value is -2.25. The molecule has 3 N–H and O–H groups in total. The van der Waals surface area contributed by atoms with E-state index in [1.165, 1.54) is 12.1 Å². The molecule has 0 aliphatic carbocycles. The van der Waals surface area contributed by atoms with Crippen molar-refractivity contribution in [2.24, 2.45) is 0 Å². The van der Waals surface area contributed by atoms with Crippen LogP contribution in [0.5, 0.6) is 0 Å². The van der Waals surface area contributed by atoms with Crippen LogP contribution in [0.25, 0.3) is 10.9 Å². The van der Waals surface area contributed by atoms with Crippen molar-refractivity contribution in [3.8, 4) is 0 Å². The number of fused-ring (bicyclic) bond motifs is 1. The average molecular weight is 303 g/mol. The number of ether oxygens (including phenoxy) is 1. The molecule has 0 spiro atoms. The third-order valence-corrected chi connectivity index (χ3v) is 3.73. The summed E-state index contributed by atoms with van der Waals surface area (Å²) in [5.41, 5.74) is 0.784. The molecule has 0 amide bonds. The predicted molar refractivity (Wildman–Crippen MR) is 80.0 cm³/mol. The van der Waals surface area contributed by atoms with Gasteiger partial charge in [-0.05, 0) is 25.0 Å². The lowest BCUT2D eigenvalue weighted by Gasteiger charge is -2.28. The van der Waals surface area contributed by atoms with Gasteiger partial charge in [-0.3, -0.25) is 0 Å². The molecule has 1 fully saturated rings. The molecular weight excluding hydrogens is 286 g/mol. The summed E-state index contributed by atoms with van der Waals surface area (Å²) < 4.78 is 5.41. The second kappa shape index (κ2) is 6.25. The summed E-state index contributed by atoms with van der Waals surface area (Å²) in [5, 5.41) is 22.2. The zero-order chi connectivity index (χ0) is 15.5. The van der Waals surface area contributed by atoms with E-state index in [9.17, 15) is 4.79 Å². The van der Waals surface area contributed by atoms with Crippen molar-refractivity contribution >= 4 is 22.8 Å². The van der Waals surface area contributed by atoms with Gasteiger partial charge in [0.25, 0.3) is 0 Å². The van der Waals surface area contributed by atoms with E-state index in [-0.39, 0.29) is 24.3 Å². The van der Waals surface area contributed by atoms with Crippen LogP contribution in [-0.4, -0.2) is 51.5 Å². The molecule has 1 aliphatic rings. The van der Waals surface area contributed by atoms with Crippen LogP contribution in [-0.2, 0) is 4.74 Å². The first kappa shape index (κ1) is 14.7. The number of nitrogens with zero attached hydrogens (tertiary/aromatic N) is 2. The van der Waals surface area contributed by atoms with Crippen molar-refractivity contribution in [2.75, 3.05) is 18.5 Å². The first-order valence-electron chi connectivity index (χ1n) is 7.15. The van der Waals surface area contributed by atoms with Gasteiger partial charge >= 0.3 is 5.97 Å². The number of hydrogen-bond acceptors (Lipinski definition) is 6. The quantitative estimate of drug-likeness (QED) is 0.781. The lowest BCUT2D eigenvalue weighted by molar-refractivity contribution is -0.0213. The fourth-order valence-electron chi connectivity index (χ4n) is 2.55. The minimum absolute atomic E-state index is 0.00126. The van der Waals surface area contributed by atoms with Crippen molar-refractivity contribution < 1.29 is 19.7 Å². The first-order chi connectivity index (χ1) is 10.7. The number of carboxylic acid groups (broad SMARTS) is 1. The topological polar surface area (TPSA) is 105 Å². The highest BCUT2D eigenvalue weighted by molar-refractivity contribution is 5.93. The van der Waals surface area contributed by atoms with Crippen molar-refractivity contribution in [3.05, 3.63) is 30.0 Å². The smallest absolute Gasteiger partial charge is 0.335 e. The molecule has 116 valence electrons. The Morgan fingerprint density at radius 3 is 3.09 bits per heavy atom. The van der Waals surface area contributed by atoms with E-state index >= 15 is 0 Å². The van der Waals surface area contributed by atoms with Gasteiger partial charge < -0.3 is 20.3 Å². The van der Waals surface area contributed by atoms with Gasteiger partial charge in [-0.1, -0.05) is 6.07 Å². The molecule has 2 aromatic rings. The highest BCUT2D eigenvalue weighted by atomic mass is 16.5. The fraction of sp³-hybridized carbons (Fsp3) is 0.400. The summed E-state index contributed by atoms with van der Waals surface area (Å²) in [6.45, 7) is 0.582. The number of aromatic carboxylic acids is 1. The largest absolute Gasteiger partial charge is 0.478 e. The minimum atomic E-state index is -0.981. The molecule has 0 saturated carbocycles. The molecule has 2 heterocycles. The second-order valence-electron chi connectivity index (χ2n) is 5.31. The van der Waals surface area contributed by atoms with Gasteiger partial charge in [-0.2, -0.15) is 0 Å². The molecule has 0 unspecified atom stereocenters.